The number of halogens is 3. The topological polar surface area (TPSA) is 116 Å². The molecular weight excluding hydrogens is 1000 g/mol. The van der Waals surface area contributed by atoms with Crippen molar-refractivity contribution in [3.63, 3.8) is 0 Å². The maximum absolute atomic E-state index is 11.0. The van der Waals surface area contributed by atoms with Gasteiger partial charge < -0.3 is 15.9 Å². The van der Waals surface area contributed by atoms with Gasteiger partial charge in [-0.3, -0.25) is 0 Å². The Balaban J connectivity index is 0.000000720. The first-order valence-electron chi connectivity index (χ1n) is 21.2. The Kier molecular flexibility index (Phi) is 18.3. The second-order valence-electron chi connectivity index (χ2n) is 15.2. The molecule has 0 saturated carbocycles. The average molecular weight is 1050 g/mol. The first-order valence-corrected chi connectivity index (χ1v) is 28.6. The van der Waals surface area contributed by atoms with Crippen molar-refractivity contribution >= 4 is 105 Å². The van der Waals surface area contributed by atoms with E-state index in [9.17, 15) is 18.3 Å². The minimum atomic E-state index is -6.09. The van der Waals surface area contributed by atoms with E-state index >= 15 is 0 Å². The van der Waals surface area contributed by atoms with Gasteiger partial charge in [0.15, 0.2) is 10.1 Å². The predicted molar refractivity (Wildman–Crippen MR) is 284 cm³/mol. The molecule has 9 rings (SSSR count). The van der Waals surface area contributed by atoms with Gasteiger partial charge in [0, 0.05) is 7.05 Å². The predicted octanol–water partition coefficient (Wildman–Crippen LogP) is 7.99. The van der Waals surface area contributed by atoms with E-state index in [0.29, 0.717) is 0 Å². The molecule has 0 aliphatic carbocycles. The van der Waals surface area contributed by atoms with Gasteiger partial charge in [-0.05, 0) is 63.6 Å². The fourth-order valence-corrected chi connectivity index (χ4v) is 20.5. The molecular formula is C55H46F3FeN2O3P3SSi. The SMILES string of the molecule is N.N=P(c1ccccc1)(c1ccccc1)c1ccccc1[Si-](c1ccccc1P(c1ccccc1)c1ccccc1)c1ccccc1P(c1ccccc1)c1ccccc1.O=S(=O)([O-])C(F)(F)F.[Fe+2]. The summed E-state index contributed by atoms with van der Waals surface area (Å²) in [6.07, 6.45) is 0. The fourth-order valence-electron chi connectivity index (χ4n) is 8.07. The molecule has 0 aliphatic rings. The monoisotopic (exact) mass is 1050 g/mol. The molecule has 0 fully saturated rings. The summed E-state index contributed by atoms with van der Waals surface area (Å²) in [4.78, 5) is 0. The molecule has 0 bridgehead atoms. The van der Waals surface area contributed by atoms with Crippen LogP contribution in [0.15, 0.2) is 255 Å². The molecule has 14 heteroatoms. The van der Waals surface area contributed by atoms with Crippen LogP contribution in [0.25, 0.3) is 0 Å². The molecule has 0 atom stereocenters. The number of hydrogen-bond donors (Lipinski definition) is 2. The van der Waals surface area contributed by atoms with Gasteiger partial charge in [-0.2, -0.15) is 28.7 Å². The van der Waals surface area contributed by atoms with E-state index in [-0.39, 0.29) is 23.2 Å². The van der Waals surface area contributed by atoms with Crippen LogP contribution in [0.3, 0.4) is 0 Å². The molecule has 69 heavy (non-hydrogen) atoms. The first kappa shape index (κ1) is 52.8. The minimum absolute atomic E-state index is 0. The Morgan fingerprint density at radius 2 is 0.667 bits per heavy atom. The second-order valence-corrected chi connectivity index (χ2v) is 26.1. The summed E-state index contributed by atoms with van der Waals surface area (Å²) in [7, 11) is -12.7. The van der Waals surface area contributed by atoms with Crippen LogP contribution < -0.4 is 69.5 Å². The zero-order chi connectivity index (χ0) is 46.9. The standard InChI is InChI=1S/C54H43NP3Si.CHF3O3S.Fe.H3N/c55-58(47-33-15-5-16-34-47,48-35-17-6-18-36-48)51-39-21-24-42-54(51)59(52-40-22-19-37-49(52)56(43-25-7-1-8-26-43)44-27-9-2-10-28-44)53-41-23-20-38-50(53)57(45-29-11-3-12-30-45)46-31-13-4-14-32-46;2-1(3,4)8(5,6)7;;/h1-42,55H;(H,5,6,7);;1H3/q-1;;+2;/p-1. The van der Waals surface area contributed by atoms with E-state index < -0.39 is 47.3 Å². The Bertz CT molecular complexity index is 2960. The quantitative estimate of drug-likeness (QED) is 0.0425. The van der Waals surface area contributed by atoms with Gasteiger partial charge in [0.25, 0.3) is 0 Å². The van der Waals surface area contributed by atoms with Crippen molar-refractivity contribution in [1.29, 1.82) is 5.16 Å². The van der Waals surface area contributed by atoms with E-state index in [1.54, 1.807) is 0 Å². The van der Waals surface area contributed by atoms with Gasteiger partial charge in [-0.15, -0.1) is 0 Å². The molecule has 9 aromatic carbocycles. The van der Waals surface area contributed by atoms with Crippen molar-refractivity contribution in [3.05, 3.63) is 255 Å². The van der Waals surface area contributed by atoms with E-state index in [4.69, 9.17) is 13.0 Å². The largest absolute Gasteiger partial charge is 2.00 e. The van der Waals surface area contributed by atoms with Crippen LogP contribution in [-0.2, 0) is 27.2 Å². The number of benzene rings is 9. The maximum Gasteiger partial charge on any atom is 2.00 e. The van der Waals surface area contributed by atoms with E-state index in [1.807, 2.05) is 0 Å². The number of hydrogen-bond acceptors (Lipinski definition) is 5. The van der Waals surface area contributed by atoms with Crippen molar-refractivity contribution in [2.75, 3.05) is 0 Å². The Labute approximate surface area is 417 Å². The molecule has 0 heterocycles. The van der Waals surface area contributed by atoms with Crippen molar-refractivity contribution in [2.45, 2.75) is 5.51 Å². The molecule has 4 N–H and O–H groups in total. The molecule has 0 saturated heterocycles. The summed E-state index contributed by atoms with van der Waals surface area (Å²) in [6, 6.07) is 93.2. The van der Waals surface area contributed by atoms with Gasteiger partial charge >= 0.3 is 22.6 Å². The third-order valence-corrected chi connectivity index (χ3v) is 23.4. The van der Waals surface area contributed by atoms with Crippen molar-refractivity contribution in [3.8, 4) is 0 Å². The van der Waals surface area contributed by atoms with Gasteiger partial charge in [0.05, 0.1) is 0 Å². The summed E-state index contributed by atoms with van der Waals surface area (Å²) in [5.74, 6) is 0. The van der Waals surface area contributed by atoms with Gasteiger partial charge in [-0.1, -0.05) is 255 Å². The van der Waals surface area contributed by atoms with Crippen molar-refractivity contribution in [1.82, 2.24) is 6.15 Å². The second kappa shape index (κ2) is 23.9. The molecule has 348 valence electrons. The minimum Gasteiger partial charge on any atom is -0.741 e. The van der Waals surface area contributed by atoms with Crippen LogP contribution >= 0.6 is 22.9 Å². The summed E-state index contributed by atoms with van der Waals surface area (Å²) in [5.41, 5.74) is -5.65. The molecule has 9 aromatic rings. The van der Waals surface area contributed by atoms with Crippen LogP contribution in [-0.4, -0.2) is 27.3 Å². The smallest absolute Gasteiger partial charge is 0.741 e. The van der Waals surface area contributed by atoms with Crippen LogP contribution in [0.4, 0.5) is 13.2 Å². The third-order valence-electron chi connectivity index (χ3n) is 11.0. The van der Waals surface area contributed by atoms with Crippen LogP contribution in [0.2, 0.25) is 0 Å². The number of alkyl halides is 3. The molecule has 0 radical (unpaired) electrons. The Morgan fingerprint density at radius 3 is 0.971 bits per heavy atom. The molecule has 5 nitrogen and oxygen atoms in total. The molecule has 0 unspecified atom stereocenters. The zero-order valence-electron chi connectivity index (χ0n) is 36.9. The zero-order valence-corrected chi connectivity index (χ0v) is 42.5. The summed E-state index contributed by atoms with van der Waals surface area (Å²) in [6.45, 7) is 0. The molecule has 0 amide bonds. The van der Waals surface area contributed by atoms with Gasteiger partial charge in [0.2, 0.25) is 0 Å². The van der Waals surface area contributed by atoms with Crippen LogP contribution in [0.1, 0.15) is 0 Å². The van der Waals surface area contributed by atoms with E-state index in [2.05, 4.69) is 255 Å². The average Bonchev–Trinajstić information content (AvgIpc) is 3.36. The Hall–Kier alpha value is -5.53. The number of rotatable bonds is 12. The van der Waals surface area contributed by atoms with E-state index in [1.165, 1.54) is 47.4 Å². The van der Waals surface area contributed by atoms with Gasteiger partial charge in [0.1, 0.15) is 0 Å². The fraction of sp³-hybridized carbons (Fsp3) is 0.0182. The van der Waals surface area contributed by atoms with Crippen molar-refractivity contribution < 1.29 is 43.2 Å². The third kappa shape index (κ3) is 11.9. The van der Waals surface area contributed by atoms with Crippen LogP contribution in [0.5, 0.6) is 0 Å². The summed E-state index contributed by atoms with van der Waals surface area (Å²) >= 11 is 0. The summed E-state index contributed by atoms with van der Waals surface area (Å²) < 4.78 is 58.9. The molecule has 0 aromatic heterocycles. The molecule has 0 aliphatic heterocycles. The van der Waals surface area contributed by atoms with Gasteiger partial charge in [-0.25, -0.2) is 17.2 Å². The Morgan fingerprint density at radius 1 is 0.420 bits per heavy atom. The number of nitrogens with one attached hydrogen (secondary N) is 1. The first-order chi connectivity index (χ1) is 32.5. The summed E-state index contributed by atoms with van der Waals surface area (Å²) in [5, 5.41) is 26.3. The maximum atomic E-state index is 11.0. The van der Waals surface area contributed by atoms with E-state index in [0.717, 1.165) is 15.9 Å². The van der Waals surface area contributed by atoms with Crippen molar-refractivity contribution in [2.24, 2.45) is 0 Å². The van der Waals surface area contributed by atoms with Crippen LogP contribution in [0, 0.1) is 5.16 Å². The molecule has 0 spiro atoms. The normalized spacial score (nSPS) is 11.4.